The Labute approximate surface area is 126 Å². The van der Waals surface area contributed by atoms with Crippen LogP contribution < -0.4 is 4.74 Å². The van der Waals surface area contributed by atoms with E-state index >= 15 is 0 Å². The van der Waals surface area contributed by atoms with Crippen molar-refractivity contribution >= 4 is 5.78 Å². The maximum atomic E-state index is 12.2. The number of benzene rings is 1. The molecule has 1 saturated carbocycles. The third kappa shape index (κ3) is 1.74. The summed E-state index contributed by atoms with van der Waals surface area (Å²) in [5.74, 6) is 3.01. The van der Waals surface area contributed by atoms with Gasteiger partial charge in [-0.1, -0.05) is 19.1 Å². The molecule has 0 bridgehead atoms. The minimum absolute atomic E-state index is 0.120. The fraction of sp³-hybridized carbons (Fsp3) is 0.526. The molecule has 2 nitrogen and oxygen atoms in total. The number of hydrogen-bond acceptors (Lipinski definition) is 2. The van der Waals surface area contributed by atoms with Gasteiger partial charge in [0.2, 0.25) is 0 Å². The van der Waals surface area contributed by atoms with Gasteiger partial charge in [-0.05, 0) is 72.8 Å². The Bertz CT molecular complexity index is 630. The van der Waals surface area contributed by atoms with Crippen LogP contribution in [0.4, 0.5) is 0 Å². The van der Waals surface area contributed by atoms with Gasteiger partial charge in [0.25, 0.3) is 0 Å². The Balaban J connectivity index is 1.72. The van der Waals surface area contributed by atoms with Gasteiger partial charge in [-0.3, -0.25) is 4.79 Å². The molecule has 0 spiro atoms. The minimum Gasteiger partial charge on any atom is -0.497 e. The Hall–Kier alpha value is -1.57. The van der Waals surface area contributed by atoms with Crippen molar-refractivity contribution in [1.29, 1.82) is 0 Å². The first kappa shape index (κ1) is 13.1. The SMILES string of the molecule is COc1ccc2c(c1)CC[C@H]1[C@@H]2CC[C@]2(C)C(=O)C=C[C@@H]12. The highest BCUT2D eigenvalue weighted by atomic mass is 16.5. The lowest BCUT2D eigenvalue weighted by Gasteiger charge is -2.48. The van der Waals surface area contributed by atoms with Crippen LogP contribution in [0, 0.1) is 17.3 Å². The van der Waals surface area contributed by atoms with E-state index in [9.17, 15) is 4.79 Å². The lowest BCUT2D eigenvalue weighted by Crippen LogP contribution is -2.42. The van der Waals surface area contributed by atoms with E-state index in [0.717, 1.165) is 25.0 Å². The zero-order valence-corrected chi connectivity index (χ0v) is 12.8. The lowest BCUT2D eigenvalue weighted by atomic mass is 9.55. The van der Waals surface area contributed by atoms with E-state index in [4.69, 9.17) is 4.74 Å². The lowest BCUT2D eigenvalue weighted by molar-refractivity contribution is -0.126. The maximum absolute atomic E-state index is 12.2. The number of fused-ring (bicyclic) bond motifs is 5. The molecule has 0 amide bonds. The van der Waals surface area contributed by atoms with Crippen LogP contribution in [0.5, 0.6) is 5.75 Å². The van der Waals surface area contributed by atoms with Gasteiger partial charge in [-0.15, -0.1) is 0 Å². The van der Waals surface area contributed by atoms with E-state index in [2.05, 4.69) is 31.2 Å². The Morgan fingerprint density at radius 3 is 2.95 bits per heavy atom. The summed E-state index contributed by atoms with van der Waals surface area (Å²) in [5, 5.41) is 0. The number of ether oxygens (including phenoxy) is 1. The zero-order chi connectivity index (χ0) is 14.6. The van der Waals surface area contributed by atoms with Crippen molar-refractivity contribution < 1.29 is 9.53 Å². The van der Waals surface area contributed by atoms with Crippen LogP contribution in [0.25, 0.3) is 0 Å². The van der Waals surface area contributed by atoms with Gasteiger partial charge in [-0.2, -0.15) is 0 Å². The minimum atomic E-state index is -0.120. The summed E-state index contributed by atoms with van der Waals surface area (Å²) >= 11 is 0. The number of rotatable bonds is 1. The van der Waals surface area contributed by atoms with Crippen LogP contribution in [0.2, 0.25) is 0 Å². The molecule has 0 N–H and O–H groups in total. The van der Waals surface area contributed by atoms with Crippen molar-refractivity contribution in [2.75, 3.05) is 7.11 Å². The van der Waals surface area contributed by atoms with E-state index in [1.54, 1.807) is 7.11 Å². The van der Waals surface area contributed by atoms with Gasteiger partial charge in [0.05, 0.1) is 7.11 Å². The summed E-state index contributed by atoms with van der Waals surface area (Å²) in [4.78, 5) is 12.2. The number of carbonyl (C=O) groups is 1. The van der Waals surface area contributed by atoms with E-state index in [1.807, 2.05) is 6.08 Å². The first-order valence-electron chi connectivity index (χ1n) is 8.03. The van der Waals surface area contributed by atoms with Gasteiger partial charge in [-0.25, -0.2) is 0 Å². The fourth-order valence-corrected chi connectivity index (χ4v) is 4.96. The van der Waals surface area contributed by atoms with Crippen LogP contribution in [0.15, 0.2) is 30.4 Å². The Morgan fingerprint density at radius 1 is 1.29 bits per heavy atom. The molecule has 0 saturated heterocycles. The highest BCUT2D eigenvalue weighted by Crippen LogP contribution is 2.57. The summed E-state index contributed by atoms with van der Waals surface area (Å²) in [6.07, 6.45) is 8.52. The Morgan fingerprint density at radius 2 is 2.14 bits per heavy atom. The molecule has 3 aliphatic carbocycles. The standard InChI is InChI=1S/C19H22O2/c1-19-10-9-15-14-6-4-13(21-2)11-12(14)3-5-16(15)17(19)7-8-18(19)20/h4,6-8,11,15-17H,3,5,9-10H2,1-2H3/t15-,16+,17+,19+/m1/s1. The summed E-state index contributed by atoms with van der Waals surface area (Å²) < 4.78 is 5.36. The van der Waals surface area contributed by atoms with Crippen molar-refractivity contribution in [2.24, 2.45) is 17.3 Å². The molecule has 1 fully saturated rings. The molecular formula is C19H22O2. The number of allylic oxidation sites excluding steroid dienone is 2. The molecule has 21 heavy (non-hydrogen) atoms. The quantitative estimate of drug-likeness (QED) is 0.781. The summed E-state index contributed by atoms with van der Waals surface area (Å²) in [7, 11) is 1.73. The predicted octanol–water partition coefficient (Wildman–Crippen LogP) is 3.90. The first-order chi connectivity index (χ1) is 10.1. The van der Waals surface area contributed by atoms with Crippen LogP contribution >= 0.6 is 0 Å². The van der Waals surface area contributed by atoms with Gasteiger partial charge < -0.3 is 4.74 Å². The van der Waals surface area contributed by atoms with E-state index < -0.39 is 0 Å². The molecule has 0 aromatic heterocycles. The monoisotopic (exact) mass is 282 g/mol. The summed E-state index contributed by atoms with van der Waals surface area (Å²) in [6.45, 7) is 2.18. The van der Waals surface area contributed by atoms with Crippen molar-refractivity contribution in [3.05, 3.63) is 41.5 Å². The van der Waals surface area contributed by atoms with Gasteiger partial charge in [0.1, 0.15) is 5.75 Å². The molecule has 4 atom stereocenters. The molecule has 0 radical (unpaired) electrons. The average molecular weight is 282 g/mol. The van der Waals surface area contributed by atoms with Crippen molar-refractivity contribution in [1.82, 2.24) is 0 Å². The first-order valence-corrected chi connectivity index (χ1v) is 8.03. The number of hydrogen-bond donors (Lipinski definition) is 0. The average Bonchev–Trinajstić information content (AvgIpc) is 2.82. The third-order valence-corrected chi connectivity index (χ3v) is 6.20. The molecule has 1 aromatic carbocycles. The second kappa shape index (κ2) is 4.46. The fourth-order valence-electron chi connectivity index (χ4n) is 4.96. The van der Waals surface area contributed by atoms with Crippen molar-refractivity contribution in [3.63, 3.8) is 0 Å². The molecule has 1 aromatic rings. The maximum Gasteiger partial charge on any atom is 0.161 e. The van der Waals surface area contributed by atoms with Gasteiger partial charge in [0, 0.05) is 5.41 Å². The molecule has 2 heteroatoms. The molecular weight excluding hydrogens is 260 g/mol. The number of aryl methyl sites for hydroxylation is 1. The van der Waals surface area contributed by atoms with E-state index in [1.165, 1.54) is 17.5 Å². The zero-order valence-electron chi connectivity index (χ0n) is 12.8. The summed E-state index contributed by atoms with van der Waals surface area (Å²) in [6, 6.07) is 6.55. The molecule has 4 rings (SSSR count). The highest BCUT2D eigenvalue weighted by molar-refractivity contribution is 5.97. The topological polar surface area (TPSA) is 26.3 Å². The summed E-state index contributed by atoms with van der Waals surface area (Å²) in [5.41, 5.74) is 2.83. The highest BCUT2D eigenvalue weighted by Gasteiger charge is 2.52. The normalized spacial score (nSPS) is 36.9. The van der Waals surface area contributed by atoms with E-state index in [0.29, 0.717) is 23.5 Å². The van der Waals surface area contributed by atoms with Crippen LogP contribution in [0.3, 0.4) is 0 Å². The number of ketones is 1. The molecule has 0 aliphatic heterocycles. The van der Waals surface area contributed by atoms with E-state index in [-0.39, 0.29) is 5.41 Å². The van der Waals surface area contributed by atoms with Crippen LogP contribution in [-0.2, 0) is 11.2 Å². The molecule has 110 valence electrons. The van der Waals surface area contributed by atoms with Crippen molar-refractivity contribution in [2.45, 2.75) is 38.5 Å². The van der Waals surface area contributed by atoms with Crippen LogP contribution in [-0.4, -0.2) is 12.9 Å². The predicted molar refractivity (Wildman–Crippen MR) is 82.5 cm³/mol. The Kier molecular flexibility index (Phi) is 2.79. The third-order valence-electron chi connectivity index (χ3n) is 6.20. The number of methoxy groups -OCH3 is 1. The largest absolute Gasteiger partial charge is 0.497 e. The van der Waals surface area contributed by atoms with Gasteiger partial charge in [0.15, 0.2) is 5.78 Å². The second-order valence-electron chi connectivity index (χ2n) is 7.08. The van der Waals surface area contributed by atoms with Crippen molar-refractivity contribution in [3.8, 4) is 5.75 Å². The molecule has 0 heterocycles. The number of carbonyl (C=O) groups excluding carboxylic acids is 1. The molecule has 3 aliphatic rings. The molecule has 0 unspecified atom stereocenters. The van der Waals surface area contributed by atoms with Gasteiger partial charge >= 0.3 is 0 Å². The second-order valence-corrected chi connectivity index (χ2v) is 7.08. The van der Waals surface area contributed by atoms with Crippen LogP contribution in [0.1, 0.15) is 43.2 Å². The smallest absolute Gasteiger partial charge is 0.161 e.